The SMILES string of the molecule is CC1=CCCN(c2cc([C@H](C)N)ccn2)C1. The quantitative estimate of drug-likeness (QED) is 0.773. The lowest BCUT2D eigenvalue weighted by Gasteiger charge is -2.27. The third-order valence-corrected chi connectivity index (χ3v) is 2.95. The van der Waals surface area contributed by atoms with Crippen molar-refractivity contribution in [2.24, 2.45) is 5.73 Å². The van der Waals surface area contributed by atoms with Crippen LogP contribution in [0.5, 0.6) is 0 Å². The highest BCUT2D eigenvalue weighted by Gasteiger charge is 2.12. The second kappa shape index (κ2) is 4.66. The third-order valence-electron chi connectivity index (χ3n) is 2.95. The lowest BCUT2D eigenvalue weighted by molar-refractivity contribution is 0.768. The van der Waals surface area contributed by atoms with Crippen LogP contribution in [0.4, 0.5) is 5.82 Å². The van der Waals surface area contributed by atoms with Gasteiger partial charge in [-0.3, -0.25) is 0 Å². The number of nitrogens with zero attached hydrogens (tertiary/aromatic N) is 2. The number of pyridine rings is 1. The molecule has 1 aromatic heterocycles. The van der Waals surface area contributed by atoms with Crippen molar-refractivity contribution in [3.63, 3.8) is 0 Å². The predicted molar refractivity (Wildman–Crippen MR) is 67.4 cm³/mol. The molecule has 0 amide bonds. The largest absolute Gasteiger partial charge is 0.352 e. The van der Waals surface area contributed by atoms with Crippen LogP contribution >= 0.6 is 0 Å². The molecule has 0 unspecified atom stereocenters. The zero-order valence-electron chi connectivity index (χ0n) is 9.98. The van der Waals surface area contributed by atoms with Crippen molar-refractivity contribution < 1.29 is 0 Å². The summed E-state index contributed by atoms with van der Waals surface area (Å²) in [6.07, 6.45) is 5.25. The number of hydrogen-bond donors (Lipinski definition) is 1. The normalized spacial score (nSPS) is 18.2. The van der Waals surface area contributed by atoms with Crippen molar-refractivity contribution in [2.45, 2.75) is 26.3 Å². The van der Waals surface area contributed by atoms with Gasteiger partial charge < -0.3 is 10.6 Å². The van der Waals surface area contributed by atoms with Crippen molar-refractivity contribution in [1.29, 1.82) is 0 Å². The summed E-state index contributed by atoms with van der Waals surface area (Å²) < 4.78 is 0. The fourth-order valence-electron chi connectivity index (χ4n) is 2.00. The van der Waals surface area contributed by atoms with Crippen LogP contribution in [0.15, 0.2) is 30.0 Å². The van der Waals surface area contributed by atoms with Crippen LogP contribution < -0.4 is 10.6 Å². The molecule has 1 aromatic rings. The molecule has 1 atom stereocenters. The van der Waals surface area contributed by atoms with Gasteiger partial charge in [-0.25, -0.2) is 4.98 Å². The standard InChI is InChI=1S/C13H19N3/c1-10-4-3-7-16(9-10)13-8-12(11(2)14)5-6-15-13/h4-6,8,11H,3,7,9,14H2,1-2H3/t11-/m0/s1. The van der Waals surface area contributed by atoms with Gasteiger partial charge in [-0.05, 0) is 38.0 Å². The Morgan fingerprint density at radius 2 is 2.31 bits per heavy atom. The summed E-state index contributed by atoms with van der Waals surface area (Å²) in [5.74, 6) is 1.04. The molecule has 0 fully saturated rings. The maximum absolute atomic E-state index is 5.88. The van der Waals surface area contributed by atoms with Crippen LogP contribution in [0, 0.1) is 0 Å². The average Bonchev–Trinajstić information content (AvgIpc) is 2.29. The van der Waals surface area contributed by atoms with E-state index in [2.05, 4.69) is 29.0 Å². The number of nitrogens with two attached hydrogens (primary N) is 1. The van der Waals surface area contributed by atoms with E-state index in [4.69, 9.17) is 5.73 Å². The summed E-state index contributed by atoms with van der Waals surface area (Å²) in [7, 11) is 0. The van der Waals surface area contributed by atoms with Gasteiger partial charge in [0, 0.05) is 25.3 Å². The lowest BCUT2D eigenvalue weighted by Crippen LogP contribution is -2.30. The summed E-state index contributed by atoms with van der Waals surface area (Å²) in [5, 5.41) is 0. The Balaban J connectivity index is 2.20. The fourth-order valence-corrected chi connectivity index (χ4v) is 2.00. The molecule has 3 heteroatoms. The van der Waals surface area contributed by atoms with Gasteiger partial charge in [0.15, 0.2) is 0 Å². The highest BCUT2D eigenvalue weighted by molar-refractivity contribution is 5.44. The first-order valence-electron chi connectivity index (χ1n) is 5.79. The van der Waals surface area contributed by atoms with E-state index < -0.39 is 0 Å². The molecule has 86 valence electrons. The van der Waals surface area contributed by atoms with Crippen molar-refractivity contribution >= 4 is 5.82 Å². The lowest BCUT2D eigenvalue weighted by atomic mass is 10.1. The van der Waals surface area contributed by atoms with Crippen LogP contribution in [0.1, 0.15) is 31.9 Å². The molecule has 16 heavy (non-hydrogen) atoms. The average molecular weight is 217 g/mol. The molecule has 0 aromatic carbocycles. The Morgan fingerprint density at radius 1 is 1.50 bits per heavy atom. The Kier molecular flexibility index (Phi) is 3.25. The molecule has 0 saturated heterocycles. The molecule has 2 heterocycles. The number of anilines is 1. The predicted octanol–water partition coefficient (Wildman–Crippen LogP) is 2.26. The minimum Gasteiger partial charge on any atom is -0.352 e. The molecule has 1 aliphatic heterocycles. The second-order valence-corrected chi connectivity index (χ2v) is 4.50. The van der Waals surface area contributed by atoms with Gasteiger partial charge in [-0.15, -0.1) is 0 Å². The summed E-state index contributed by atoms with van der Waals surface area (Å²) in [6, 6.07) is 4.16. The van der Waals surface area contributed by atoms with E-state index >= 15 is 0 Å². The zero-order chi connectivity index (χ0) is 11.5. The molecule has 1 aliphatic rings. The fraction of sp³-hybridized carbons (Fsp3) is 0.462. The van der Waals surface area contributed by atoms with E-state index in [0.717, 1.165) is 30.9 Å². The monoisotopic (exact) mass is 217 g/mol. The van der Waals surface area contributed by atoms with Gasteiger partial charge >= 0.3 is 0 Å². The van der Waals surface area contributed by atoms with E-state index in [1.165, 1.54) is 5.57 Å². The van der Waals surface area contributed by atoms with Crippen molar-refractivity contribution in [3.8, 4) is 0 Å². The minimum absolute atomic E-state index is 0.0724. The first-order chi connectivity index (χ1) is 7.66. The number of rotatable bonds is 2. The first kappa shape index (κ1) is 11.1. The summed E-state index contributed by atoms with van der Waals surface area (Å²) >= 11 is 0. The molecule has 2 N–H and O–H groups in total. The van der Waals surface area contributed by atoms with Gasteiger partial charge in [-0.2, -0.15) is 0 Å². The van der Waals surface area contributed by atoms with Crippen LogP contribution in [-0.4, -0.2) is 18.1 Å². The van der Waals surface area contributed by atoms with E-state index in [-0.39, 0.29) is 6.04 Å². The molecule has 0 radical (unpaired) electrons. The molecule has 3 nitrogen and oxygen atoms in total. The van der Waals surface area contributed by atoms with Crippen LogP contribution in [-0.2, 0) is 0 Å². The summed E-state index contributed by atoms with van der Waals surface area (Å²) in [4.78, 5) is 6.73. The minimum atomic E-state index is 0.0724. The highest BCUT2D eigenvalue weighted by atomic mass is 15.2. The number of hydrogen-bond acceptors (Lipinski definition) is 3. The van der Waals surface area contributed by atoms with E-state index in [0.29, 0.717) is 0 Å². The van der Waals surface area contributed by atoms with Crippen molar-refractivity contribution in [2.75, 3.05) is 18.0 Å². The van der Waals surface area contributed by atoms with Crippen LogP contribution in [0.2, 0.25) is 0 Å². The maximum Gasteiger partial charge on any atom is 0.129 e. The van der Waals surface area contributed by atoms with E-state index in [1.807, 2.05) is 19.2 Å². The Hall–Kier alpha value is -1.35. The first-order valence-corrected chi connectivity index (χ1v) is 5.79. The maximum atomic E-state index is 5.88. The summed E-state index contributed by atoms with van der Waals surface area (Å²) in [5.41, 5.74) is 8.45. The topological polar surface area (TPSA) is 42.1 Å². The van der Waals surface area contributed by atoms with E-state index in [9.17, 15) is 0 Å². The Bertz CT molecular complexity index is 396. The smallest absolute Gasteiger partial charge is 0.129 e. The van der Waals surface area contributed by atoms with Gasteiger partial charge in [0.05, 0.1) is 0 Å². The van der Waals surface area contributed by atoms with Gasteiger partial charge in [0.2, 0.25) is 0 Å². The molecule has 0 bridgehead atoms. The molecule has 0 aliphatic carbocycles. The third kappa shape index (κ3) is 2.42. The number of aromatic nitrogens is 1. The summed E-state index contributed by atoms with van der Waals surface area (Å²) in [6.45, 7) is 6.20. The van der Waals surface area contributed by atoms with Crippen LogP contribution in [0.3, 0.4) is 0 Å². The molecule has 0 spiro atoms. The molecular weight excluding hydrogens is 198 g/mol. The molecular formula is C13H19N3. The Labute approximate surface area is 97.0 Å². The van der Waals surface area contributed by atoms with Crippen LogP contribution in [0.25, 0.3) is 0 Å². The second-order valence-electron chi connectivity index (χ2n) is 4.50. The van der Waals surface area contributed by atoms with Crippen molar-refractivity contribution in [1.82, 2.24) is 4.98 Å². The molecule has 2 rings (SSSR count). The van der Waals surface area contributed by atoms with Gasteiger partial charge in [-0.1, -0.05) is 11.6 Å². The van der Waals surface area contributed by atoms with Gasteiger partial charge in [0.25, 0.3) is 0 Å². The van der Waals surface area contributed by atoms with Crippen molar-refractivity contribution in [3.05, 3.63) is 35.5 Å². The Morgan fingerprint density at radius 3 is 3.00 bits per heavy atom. The molecule has 0 saturated carbocycles. The zero-order valence-corrected chi connectivity index (χ0v) is 9.98. The van der Waals surface area contributed by atoms with Gasteiger partial charge in [0.1, 0.15) is 5.82 Å². The highest BCUT2D eigenvalue weighted by Crippen LogP contribution is 2.20. The van der Waals surface area contributed by atoms with E-state index in [1.54, 1.807) is 0 Å².